The van der Waals surface area contributed by atoms with Gasteiger partial charge in [0.25, 0.3) is 5.91 Å². The fourth-order valence-electron chi connectivity index (χ4n) is 2.32. The Bertz CT molecular complexity index is 970. The molecular weight excluding hydrogens is 400 g/mol. The van der Waals surface area contributed by atoms with Crippen LogP contribution in [0.1, 0.15) is 11.1 Å². The van der Waals surface area contributed by atoms with Crippen LogP contribution in [0.3, 0.4) is 0 Å². The van der Waals surface area contributed by atoms with Crippen LogP contribution in [0.4, 0.5) is 5.69 Å². The molecule has 0 aliphatic rings. The molecule has 0 saturated heterocycles. The summed E-state index contributed by atoms with van der Waals surface area (Å²) in [5.74, 6) is -1.28. The number of benzene rings is 2. The average Bonchev–Trinajstić information content (AvgIpc) is 2.77. The molecule has 2 rings (SSSR count). The van der Waals surface area contributed by atoms with Gasteiger partial charge in [-0.3, -0.25) is 14.4 Å². The minimum absolute atomic E-state index is 0.178. The maximum Gasteiger partial charge on any atom is 0.329 e. The van der Waals surface area contributed by atoms with E-state index in [1.54, 1.807) is 18.2 Å². The predicted octanol–water partition coefficient (Wildman–Crippen LogP) is 1.77. The number of rotatable bonds is 9. The van der Waals surface area contributed by atoms with E-state index in [1.165, 1.54) is 19.4 Å². The summed E-state index contributed by atoms with van der Waals surface area (Å²) < 4.78 is 10.8. The SMILES string of the molecule is C=CCNC(=O)C(=O)N/N=C\c1ccc(OCC(=O)Nc2ccc(C)cc2)c(OC)c1. The van der Waals surface area contributed by atoms with E-state index in [4.69, 9.17) is 9.47 Å². The van der Waals surface area contributed by atoms with Gasteiger partial charge in [0.1, 0.15) is 0 Å². The second-order valence-electron chi connectivity index (χ2n) is 6.31. The van der Waals surface area contributed by atoms with Gasteiger partial charge in [-0.1, -0.05) is 23.8 Å². The lowest BCUT2D eigenvalue weighted by atomic mass is 10.2. The average molecular weight is 424 g/mol. The number of hydrazone groups is 1. The van der Waals surface area contributed by atoms with E-state index in [0.717, 1.165) is 5.56 Å². The Balaban J connectivity index is 1.91. The number of anilines is 1. The Labute approximate surface area is 180 Å². The first-order valence-corrected chi connectivity index (χ1v) is 9.32. The molecule has 0 aliphatic carbocycles. The van der Waals surface area contributed by atoms with Gasteiger partial charge in [0, 0.05) is 12.2 Å². The smallest absolute Gasteiger partial charge is 0.329 e. The van der Waals surface area contributed by atoms with Gasteiger partial charge in [-0.2, -0.15) is 5.10 Å². The number of nitrogens with zero attached hydrogens (tertiary/aromatic N) is 1. The highest BCUT2D eigenvalue weighted by atomic mass is 16.5. The van der Waals surface area contributed by atoms with E-state index < -0.39 is 11.8 Å². The molecule has 162 valence electrons. The molecule has 0 fully saturated rings. The van der Waals surface area contributed by atoms with Gasteiger partial charge in [-0.25, -0.2) is 5.43 Å². The molecule has 3 amide bonds. The van der Waals surface area contributed by atoms with Crippen LogP contribution in [-0.2, 0) is 14.4 Å². The van der Waals surface area contributed by atoms with E-state index >= 15 is 0 Å². The largest absolute Gasteiger partial charge is 0.493 e. The Kier molecular flexibility index (Phi) is 8.78. The van der Waals surface area contributed by atoms with Crippen LogP contribution in [0.25, 0.3) is 0 Å². The summed E-state index contributed by atoms with van der Waals surface area (Å²) >= 11 is 0. The van der Waals surface area contributed by atoms with Gasteiger partial charge >= 0.3 is 11.8 Å². The standard InChI is InChI=1S/C22H24N4O5/c1-4-11-23-21(28)22(29)26-24-13-16-7-10-18(19(12-16)30-3)31-14-20(27)25-17-8-5-15(2)6-9-17/h4-10,12-13H,1,11,14H2,2-3H3,(H,23,28)(H,25,27)(H,26,29)/b24-13-. The molecule has 31 heavy (non-hydrogen) atoms. The van der Waals surface area contributed by atoms with Crippen LogP contribution < -0.4 is 25.5 Å². The van der Waals surface area contributed by atoms with Crippen molar-refractivity contribution in [2.75, 3.05) is 25.6 Å². The van der Waals surface area contributed by atoms with Crippen LogP contribution in [0, 0.1) is 6.92 Å². The molecule has 2 aromatic rings. The second kappa shape index (κ2) is 11.8. The lowest BCUT2D eigenvalue weighted by Crippen LogP contribution is -2.37. The summed E-state index contributed by atoms with van der Waals surface area (Å²) in [6, 6.07) is 12.3. The summed E-state index contributed by atoms with van der Waals surface area (Å²) in [4.78, 5) is 35.1. The van der Waals surface area contributed by atoms with E-state index in [9.17, 15) is 14.4 Å². The highest BCUT2D eigenvalue weighted by Crippen LogP contribution is 2.27. The summed E-state index contributed by atoms with van der Waals surface area (Å²) in [5.41, 5.74) is 4.48. The number of carbonyl (C=O) groups excluding carboxylic acids is 3. The Morgan fingerprint density at radius 3 is 2.48 bits per heavy atom. The molecule has 0 unspecified atom stereocenters. The molecular formula is C22H24N4O5. The molecule has 0 radical (unpaired) electrons. The van der Waals surface area contributed by atoms with Crippen molar-refractivity contribution in [1.82, 2.24) is 10.7 Å². The summed E-state index contributed by atoms with van der Waals surface area (Å²) in [6.45, 7) is 5.38. The molecule has 0 bridgehead atoms. The summed E-state index contributed by atoms with van der Waals surface area (Å²) in [7, 11) is 1.46. The van der Waals surface area contributed by atoms with Crippen LogP contribution >= 0.6 is 0 Å². The van der Waals surface area contributed by atoms with E-state index in [2.05, 4.69) is 27.7 Å². The molecule has 0 heterocycles. The van der Waals surface area contributed by atoms with Crippen molar-refractivity contribution < 1.29 is 23.9 Å². The van der Waals surface area contributed by atoms with Crippen LogP contribution in [0.15, 0.2) is 60.2 Å². The van der Waals surface area contributed by atoms with Crippen molar-refractivity contribution in [2.45, 2.75) is 6.92 Å². The monoisotopic (exact) mass is 424 g/mol. The van der Waals surface area contributed by atoms with Gasteiger partial charge in [0.2, 0.25) is 0 Å². The number of aryl methyl sites for hydroxylation is 1. The number of hydrogen-bond acceptors (Lipinski definition) is 6. The lowest BCUT2D eigenvalue weighted by molar-refractivity contribution is -0.139. The number of hydrogen-bond donors (Lipinski definition) is 3. The zero-order valence-corrected chi connectivity index (χ0v) is 17.3. The third kappa shape index (κ3) is 7.65. The molecule has 0 spiro atoms. The first kappa shape index (κ1) is 23.1. The molecule has 3 N–H and O–H groups in total. The number of nitrogens with one attached hydrogen (secondary N) is 3. The molecule has 0 aromatic heterocycles. The highest BCUT2D eigenvalue weighted by Gasteiger charge is 2.11. The zero-order valence-electron chi connectivity index (χ0n) is 17.3. The third-order valence-electron chi connectivity index (χ3n) is 3.87. The van der Waals surface area contributed by atoms with Crippen molar-refractivity contribution in [2.24, 2.45) is 5.10 Å². The van der Waals surface area contributed by atoms with Crippen molar-refractivity contribution in [1.29, 1.82) is 0 Å². The minimum atomic E-state index is -0.899. The molecule has 0 saturated carbocycles. The first-order valence-electron chi connectivity index (χ1n) is 9.32. The van der Waals surface area contributed by atoms with Gasteiger partial charge < -0.3 is 20.1 Å². The highest BCUT2D eigenvalue weighted by molar-refractivity contribution is 6.35. The molecule has 2 aromatic carbocycles. The van der Waals surface area contributed by atoms with Crippen molar-refractivity contribution >= 4 is 29.6 Å². The van der Waals surface area contributed by atoms with E-state index in [-0.39, 0.29) is 19.1 Å². The quantitative estimate of drug-likeness (QED) is 0.245. The Hall–Kier alpha value is -4.14. The van der Waals surface area contributed by atoms with E-state index in [0.29, 0.717) is 22.7 Å². The lowest BCUT2D eigenvalue weighted by Gasteiger charge is -2.11. The van der Waals surface area contributed by atoms with Crippen molar-refractivity contribution in [3.63, 3.8) is 0 Å². The summed E-state index contributed by atoms with van der Waals surface area (Å²) in [6.07, 6.45) is 2.80. The molecule has 0 atom stereocenters. The van der Waals surface area contributed by atoms with Gasteiger partial charge in [0.05, 0.1) is 13.3 Å². The number of methoxy groups -OCH3 is 1. The fraction of sp³-hybridized carbons (Fsp3) is 0.182. The topological polar surface area (TPSA) is 118 Å². The van der Waals surface area contributed by atoms with Crippen LogP contribution in [-0.4, -0.2) is 44.2 Å². The Morgan fingerprint density at radius 2 is 1.81 bits per heavy atom. The molecule has 9 nitrogen and oxygen atoms in total. The molecule has 9 heteroatoms. The maximum atomic E-state index is 12.1. The number of carbonyl (C=O) groups is 3. The maximum absolute atomic E-state index is 12.1. The van der Waals surface area contributed by atoms with E-state index in [1.807, 2.05) is 31.2 Å². The third-order valence-corrected chi connectivity index (χ3v) is 3.87. The first-order chi connectivity index (χ1) is 14.9. The van der Waals surface area contributed by atoms with Crippen LogP contribution in [0.2, 0.25) is 0 Å². The predicted molar refractivity (Wildman–Crippen MR) is 117 cm³/mol. The fourth-order valence-corrected chi connectivity index (χ4v) is 2.32. The van der Waals surface area contributed by atoms with Gasteiger partial charge in [-0.05, 0) is 42.8 Å². The van der Waals surface area contributed by atoms with Gasteiger partial charge in [-0.15, -0.1) is 6.58 Å². The second-order valence-corrected chi connectivity index (χ2v) is 6.31. The normalized spacial score (nSPS) is 10.3. The van der Waals surface area contributed by atoms with Crippen molar-refractivity contribution in [3.05, 3.63) is 66.2 Å². The van der Waals surface area contributed by atoms with Crippen LogP contribution in [0.5, 0.6) is 11.5 Å². The molecule has 0 aliphatic heterocycles. The number of amides is 3. The van der Waals surface area contributed by atoms with Gasteiger partial charge in [0.15, 0.2) is 18.1 Å². The Morgan fingerprint density at radius 1 is 1.06 bits per heavy atom. The minimum Gasteiger partial charge on any atom is -0.493 e. The zero-order chi connectivity index (χ0) is 22.6. The van der Waals surface area contributed by atoms with Crippen molar-refractivity contribution in [3.8, 4) is 11.5 Å². The number of ether oxygens (including phenoxy) is 2. The summed E-state index contributed by atoms with van der Waals surface area (Å²) in [5, 5.41) is 8.81.